The number of aromatic nitrogens is 1. The lowest BCUT2D eigenvalue weighted by atomic mass is 10.2. The van der Waals surface area contributed by atoms with Crippen LogP contribution in [0.25, 0.3) is 10.9 Å². The van der Waals surface area contributed by atoms with E-state index in [2.05, 4.69) is 0 Å². The fraction of sp³-hybridized carbons (Fsp3) is 0.211. The van der Waals surface area contributed by atoms with Gasteiger partial charge in [0.15, 0.2) is 9.84 Å². The first kappa shape index (κ1) is 17.7. The summed E-state index contributed by atoms with van der Waals surface area (Å²) in [6, 6.07) is 13.5. The van der Waals surface area contributed by atoms with Gasteiger partial charge in [0.2, 0.25) is 0 Å². The summed E-state index contributed by atoms with van der Waals surface area (Å²) in [5.41, 5.74) is 2.10. The second-order valence-electron chi connectivity index (χ2n) is 6.03. The molecule has 1 aromatic heterocycles. The number of halogens is 1. The maximum absolute atomic E-state index is 13.0. The summed E-state index contributed by atoms with van der Waals surface area (Å²) in [4.78, 5) is 13.3. The Hall–Kier alpha value is -2.11. The van der Waals surface area contributed by atoms with E-state index in [0.29, 0.717) is 16.1 Å². The van der Waals surface area contributed by atoms with Gasteiger partial charge in [0.25, 0.3) is 5.91 Å². The highest BCUT2D eigenvalue weighted by Gasteiger charge is 2.18. The van der Waals surface area contributed by atoms with E-state index in [-0.39, 0.29) is 10.8 Å². The van der Waals surface area contributed by atoms with E-state index >= 15 is 0 Å². The van der Waals surface area contributed by atoms with Gasteiger partial charge in [-0.05, 0) is 55.0 Å². The highest BCUT2D eigenvalue weighted by molar-refractivity contribution is 7.90. The Morgan fingerprint density at radius 2 is 1.76 bits per heavy atom. The third-order valence-corrected chi connectivity index (χ3v) is 5.44. The van der Waals surface area contributed by atoms with Crippen LogP contribution in [-0.2, 0) is 16.3 Å². The Labute approximate surface area is 152 Å². The summed E-state index contributed by atoms with van der Waals surface area (Å²) < 4.78 is 25.3. The summed E-state index contributed by atoms with van der Waals surface area (Å²) in [7, 11) is -3.30. The van der Waals surface area contributed by atoms with Gasteiger partial charge in [-0.1, -0.05) is 24.9 Å². The number of aryl methyl sites for hydroxylation is 1. The number of carbonyl (C=O) groups is 1. The number of hydrogen-bond acceptors (Lipinski definition) is 3. The molecule has 4 nitrogen and oxygen atoms in total. The summed E-state index contributed by atoms with van der Waals surface area (Å²) in [6.45, 7) is 2.04. The number of benzene rings is 2. The molecule has 0 aliphatic carbocycles. The number of fused-ring (bicyclic) bond motifs is 1. The van der Waals surface area contributed by atoms with Crippen LogP contribution in [0.4, 0.5) is 0 Å². The Kier molecular flexibility index (Phi) is 4.71. The van der Waals surface area contributed by atoms with Crippen LogP contribution in [0.15, 0.2) is 53.4 Å². The molecule has 0 radical (unpaired) electrons. The van der Waals surface area contributed by atoms with Crippen molar-refractivity contribution < 1.29 is 13.2 Å². The van der Waals surface area contributed by atoms with Gasteiger partial charge in [-0.25, -0.2) is 8.42 Å². The van der Waals surface area contributed by atoms with Gasteiger partial charge >= 0.3 is 0 Å². The van der Waals surface area contributed by atoms with Crippen LogP contribution in [-0.4, -0.2) is 25.1 Å². The molecule has 0 bridgehead atoms. The summed E-state index contributed by atoms with van der Waals surface area (Å²) in [6.07, 6.45) is 2.78. The SMILES string of the molecule is CCCc1cc2cc(S(C)(=O)=O)ccc2n1C(=O)c1ccc(Cl)cc1. The summed E-state index contributed by atoms with van der Waals surface area (Å²) in [5.74, 6) is -0.151. The van der Waals surface area contributed by atoms with Crippen molar-refractivity contribution in [2.45, 2.75) is 24.7 Å². The Bertz CT molecular complexity index is 1050. The highest BCUT2D eigenvalue weighted by atomic mass is 35.5. The molecule has 0 unspecified atom stereocenters. The molecule has 0 aliphatic rings. The predicted molar refractivity (Wildman–Crippen MR) is 100 cm³/mol. The lowest BCUT2D eigenvalue weighted by Crippen LogP contribution is -2.14. The molecule has 2 aromatic carbocycles. The van der Waals surface area contributed by atoms with Crippen LogP contribution < -0.4 is 0 Å². The van der Waals surface area contributed by atoms with Crippen molar-refractivity contribution in [3.63, 3.8) is 0 Å². The molecule has 0 spiro atoms. The van der Waals surface area contributed by atoms with Crippen molar-refractivity contribution in [2.24, 2.45) is 0 Å². The lowest BCUT2D eigenvalue weighted by Gasteiger charge is -2.09. The van der Waals surface area contributed by atoms with Crippen molar-refractivity contribution in [3.05, 3.63) is 64.8 Å². The van der Waals surface area contributed by atoms with Gasteiger partial charge in [0, 0.05) is 27.9 Å². The molecule has 3 rings (SSSR count). The molecule has 0 saturated carbocycles. The average molecular weight is 376 g/mol. The fourth-order valence-corrected chi connectivity index (χ4v) is 3.67. The zero-order valence-corrected chi connectivity index (χ0v) is 15.6. The van der Waals surface area contributed by atoms with E-state index in [9.17, 15) is 13.2 Å². The average Bonchev–Trinajstić information content (AvgIpc) is 2.91. The van der Waals surface area contributed by atoms with Crippen molar-refractivity contribution in [1.29, 1.82) is 0 Å². The number of rotatable bonds is 4. The maximum atomic E-state index is 13.0. The van der Waals surface area contributed by atoms with Gasteiger partial charge in [-0.2, -0.15) is 0 Å². The first-order chi connectivity index (χ1) is 11.8. The van der Waals surface area contributed by atoms with Gasteiger partial charge in [0.05, 0.1) is 10.4 Å². The molecule has 0 amide bonds. The van der Waals surface area contributed by atoms with Gasteiger partial charge in [-0.15, -0.1) is 0 Å². The van der Waals surface area contributed by atoms with E-state index in [4.69, 9.17) is 11.6 Å². The Morgan fingerprint density at radius 3 is 2.36 bits per heavy atom. The normalized spacial score (nSPS) is 11.8. The van der Waals surface area contributed by atoms with Crippen molar-refractivity contribution in [2.75, 3.05) is 6.26 Å². The minimum atomic E-state index is -3.30. The zero-order chi connectivity index (χ0) is 18.2. The van der Waals surface area contributed by atoms with Crippen LogP contribution in [0.5, 0.6) is 0 Å². The Balaban J connectivity index is 2.19. The quantitative estimate of drug-likeness (QED) is 0.681. The Morgan fingerprint density at radius 1 is 1.08 bits per heavy atom. The van der Waals surface area contributed by atoms with Gasteiger partial charge in [0.1, 0.15) is 0 Å². The third kappa shape index (κ3) is 3.48. The van der Waals surface area contributed by atoms with Crippen LogP contribution in [0, 0.1) is 0 Å². The predicted octanol–water partition coefficient (Wildman–Crippen LogP) is 4.34. The first-order valence-corrected chi connectivity index (χ1v) is 10.2. The summed E-state index contributed by atoms with van der Waals surface area (Å²) in [5, 5.41) is 1.31. The standard InChI is InChI=1S/C19H18ClNO3S/c1-3-4-16-11-14-12-17(25(2,23)24)9-10-18(14)21(16)19(22)13-5-7-15(20)8-6-13/h5-12H,3-4H2,1-2H3. The molecule has 0 saturated heterocycles. The number of sulfone groups is 1. The smallest absolute Gasteiger partial charge is 0.262 e. The maximum Gasteiger partial charge on any atom is 0.262 e. The zero-order valence-electron chi connectivity index (χ0n) is 14.0. The monoisotopic (exact) mass is 375 g/mol. The molecule has 0 N–H and O–H groups in total. The molecular formula is C19H18ClNO3S. The van der Waals surface area contributed by atoms with Crippen LogP contribution >= 0.6 is 11.6 Å². The van der Waals surface area contributed by atoms with E-state index in [1.165, 1.54) is 6.26 Å². The van der Waals surface area contributed by atoms with E-state index < -0.39 is 9.84 Å². The second-order valence-corrected chi connectivity index (χ2v) is 8.48. The molecule has 0 aliphatic heterocycles. The number of carbonyl (C=O) groups excluding carboxylic acids is 1. The van der Waals surface area contributed by atoms with Crippen LogP contribution in [0.3, 0.4) is 0 Å². The largest absolute Gasteiger partial charge is 0.280 e. The molecular weight excluding hydrogens is 358 g/mol. The van der Waals surface area contributed by atoms with Gasteiger partial charge < -0.3 is 0 Å². The van der Waals surface area contributed by atoms with Crippen molar-refractivity contribution >= 4 is 38.2 Å². The van der Waals surface area contributed by atoms with Crippen molar-refractivity contribution in [1.82, 2.24) is 4.57 Å². The highest BCUT2D eigenvalue weighted by Crippen LogP contribution is 2.26. The van der Waals surface area contributed by atoms with Crippen molar-refractivity contribution in [3.8, 4) is 0 Å². The first-order valence-electron chi connectivity index (χ1n) is 7.96. The number of hydrogen-bond donors (Lipinski definition) is 0. The molecule has 25 heavy (non-hydrogen) atoms. The number of nitrogens with zero attached hydrogens (tertiary/aromatic N) is 1. The minimum absolute atomic E-state index is 0.151. The van der Waals surface area contributed by atoms with E-state index in [1.54, 1.807) is 47.0 Å². The summed E-state index contributed by atoms with van der Waals surface area (Å²) >= 11 is 5.90. The fourth-order valence-electron chi connectivity index (χ4n) is 2.88. The molecule has 0 fully saturated rings. The van der Waals surface area contributed by atoms with E-state index in [1.807, 2.05) is 13.0 Å². The third-order valence-electron chi connectivity index (χ3n) is 4.08. The van der Waals surface area contributed by atoms with E-state index in [0.717, 1.165) is 23.9 Å². The van der Waals surface area contributed by atoms with Gasteiger partial charge in [-0.3, -0.25) is 9.36 Å². The van der Waals surface area contributed by atoms with Crippen LogP contribution in [0.1, 0.15) is 29.4 Å². The second kappa shape index (κ2) is 6.65. The molecule has 130 valence electrons. The van der Waals surface area contributed by atoms with Crippen LogP contribution in [0.2, 0.25) is 5.02 Å². The molecule has 0 atom stereocenters. The minimum Gasteiger partial charge on any atom is -0.280 e. The molecule has 6 heteroatoms. The molecule has 3 aromatic rings. The topological polar surface area (TPSA) is 56.1 Å². The lowest BCUT2D eigenvalue weighted by molar-refractivity contribution is 0.0962. The molecule has 1 heterocycles.